The van der Waals surface area contributed by atoms with Crippen molar-refractivity contribution in [3.8, 4) is 0 Å². The van der Waals surface area contributed by atoms with E-state index in [9.17, 15) is 4.79 Å². The third kappa shape index (κ3) is 2.91. The minimum absolute atomic E-state index is 0.0721. The molecule has 0 unspecified atom stereocenters. The first-order valence-corrected chi connectivity index (χ1v) is 9.87. The highest BCUT2D eigenvalue weighted by Crippen LogP contribution is 2.43. The molecule has 1 amide bonds. The zero-order valence-electron chi connectivity index (χ0n) is 15.1. The van der Waals surface area contributed by atoms with Gasteiger partial charge in [-0.1, -0.05) is 25.5 Å². The van der Waals surface area contributed by atoms with E-state index in [0.717, 1.165) is 40.6 Å². The minimum Gasteiger partial charge on any atom is -0.378 e. The van der Waals surface area contributed by atoms with Crippen LogP contribution in [-0.4, -0.2) is 20.0 Å². The second-order valence-corrected chi connectivity index (χ2v) is 8.37. The summed E-state index contributed by atoms with van der Waals surface area (Å²) < 4.78 is 0. The number of nitrogens with one attached hydrogen (secondary N) is 2. The van der Waals surface area contributed by atoms with Gasteiger partial charge in [-0.15, -0.1) is 11.3 Å². The number of thiophene rings is 1. The lowest BCUT2D eigenvalue weighted by Gasteiger charge is -2.27. The Kier molecular flexibility index (Phi) is 4.20. The molecule has 0 bridgehead atoms. The predicted octanol–water partition coefficient (Wildman–Crippen LogP) is 4.18. The molecule has 1 aliphatic carbocycles. The quantitative estimate of drug-likeness (QED) is 0.868. The summed E-state index contributed by atoms with van der Waals surface area (Å²) in [6, 6.07) is 8.34. The fourth-order valence-corrected chi connectivity index (χ4v) is 5.23. The van der Waals surface area contributed by atoms with Crippen molar-refractivity contribution in [2.75, 3.05) is 24.3 Å². The number of anilines is 2. The van der Waals surface area contributed by atoms with Crippen LogP contribution in [0.4, 0.5) is 10.7 Å². The SMILES string of the molecule is CC[C@@H]1CCc2c(sc3c2C(=O)N[C@@H](c2ccc(N(C)C)cc2)N3)C1. The zero-order valence-corrected chi connectivity index (χ0v) is 15.9. The van der Waals surface area contributed by atoms with Crippen LogP contribution < -0.4 is 15.5 Å². The van der Waals surface area contributed by atoms with Crippen molar-refractivity contribution in [3.05, 3.63) is 45.8 Å². The molecule has 0 saturated heterocycles. The molecule has 2 atom stereocenters. The van der Waals surface area contributed by atoms with Crippen molar-refractivity contribution in [3.63, 3.8) is 0 Å². The first-order valence-electron chi connectivity index (χ1n) is 9.06. The molecule has 25 heavy (non-hydrogen) atoms. The number of nitrogens with zero attached hydrogens (tertiary/aromatic N) is 1. The summed E-state index contributed by atoms with van der Waals surface area (Å²) in [5.74, 6) is 0.841. The smallest absolute Gasteiger partial charge is 0.256 e. The van der Waals surface area contributed by atoms with Gasteiger partial charge in [-0.25, -0.2) is 0 Å². The van der Waals surface area contributed by atoms with Crippen molar-refractivity contribution in [2.24, 2.45) is 5.92 Å². The number of rotatable bonds is 3. The summed E-state index contributed by atoms with van der Waals surface area (Å²) in [7, 11) is 4.06. The number of hydrogen-bond donors (Lipinski definition) is 2. The molecule has 2 aliphatic rings. The molecular weight excluding hydrogens is 330 g/mol. The molecule has 4 nitrogen and oxygen atoms in total. The Labute approximate surface area is 153 Å². The van der Waals surface area contributed by atoms with E-state index in [1.54, 1.807) is 11.3 Å². The summed E-state index contributed by atoms with van der Waals surface area (Å²) in [5.41, 5.74) is 4.43. The molecule has 0 saturated carbocycles. The molecule has 2 heterocycles. The van der Waals surface area contributed by atoms with E-state index in [1.807, 2.05) is 14.1 Å². The molecule has 132 valence electrons. The fraction of sp³-hybridized carbons (Fsp3) is 0.450. The topological polar surface area (TPSA) is 44.4 Å². The Morgan fingerprint density at radius 1 is 1.20 bits per heavy atom. The third-order valence-electron chi connectivity index (χ3n) is 5.47. The summed E-state index contributed by atoms with van der Waals surface area (Å²) in [6.45, 7) is 2.27. The number of hydrogen-bond acceptors (Lipinski definition) is 4. The van der Waals surface area contributed by atoms with Gasteiger partial charge in [0.15, 0.2) is 0 Å². The second kappa shape index (κ2) is 6.37. The molecule has 2 aromatic rings. The van der Waals surface area contributed by atoms with Gasteiger partial charge in [-0.3, -0.25) is 4.79 Å². The normalized spacial score (nSPS) is 21.8. The van der Waals surface area contributed by atoms with Crippen LogP contribution in [0.2, 0.25) is 0 Å². The molecule has 0 fully saturated rings. The maximum atomic E-state index is 12.8. The van der Waals surface area contributed by atoms with Crippen molar-refractivity contribution >= 4 is 27.9 Å². The van der Waals surface area contributed by atoms with Crippen LogP contribution in [0.25, 0.3) is 0 Å². The highest BCUT2D eigenvalue weighted by atomic mass is 32.1. The van der Waals surface area contributed by atoms with Gasteiger partial charge in [0.25, 0.3) is 5.91 Å². The zero-order chi connectivity index (χ0) is 17.6. The summed E-state index contributed by atoms with van der Waals surface area (Å²) in [4.78, 5) is 16.3. The molecule has 2 N–H and O–H groups in total. The highest BCUT2D eigenvalue weighted by molar-refractivity contribution is 7.16. The molecule has 0 radical (unpaired) electrons. The first kappa shape index (κ1) is 16.5. The van der Waals surface area contributed by atoms with Crippen molar-refractivity contribution in [2.45, 2.75) is 38.8 Å². The van der Waals surface area contributed by atoms with Crippen molar-refractivity contribution < 1.29 is 4.79 Å². The van der Waals surface area contributed by atoms with Crippen molar-refractivity contribution in [1.29, 1.82) is 0 Å². The van der Waals surface area contributed by atoms with E-state index in [-0.39, 0.29) is 12.1 Å². The minimum atomic E-state index is -0.154. The Morgan fingerprint density at radius 3 is 2.64 bits per heavy atom. The molecular formula is C20H25N3OS. The Hall–Kier alpha value is -2.01. The molecule has 5 heteroatoms. The van der Waals surface area contributed by atoms with Crippen LogP contribution >= 0.6 is 11.3 Å². The molecule has 1 aliphatic heterocycles. The van der Waals surface area contributed by atoms with Gasteiger partial charge in [0.1, 0.15) is 11.2 Å². The van der Waals surface area contributed by atoms with Gasteiger partial charge in [0, 0.05) is 24.7 Å². The number of fused-ring (bicyclic) bond motifs is 3. The van der Waals surface area contributed by atoms with E-state index in [2.05, 4.69) is 46.7 Å². The van der Waals surface area contributed by atoms with E-state index in [0.29, 0.717) is 0 Å². The van der Waals surface area contributed by atoms with Crippen LogP contribution in [0.3, 0.4) is 0 Å². The maximum Gasteiger partial charge on any atom is 0.256 e. The summed E-state index contributed by atoms with van der Waals surface area (Å²) in [5, 5.41) is 7.75. The highest BCUT2D eigenvalue weighted by Gasteiger charge is 2.33. The Morgan fingerprint density at radius 2 is 1.96 bits per heavy atom. The number of carbonyl (C=O) groups is 1. The fourth-order valence-electron chi connectivity index (χ4n) is 3.85. The van der Waals surface area contributed by atoms with Crippen molar-refractivity contribution in [1.82, 2.24) is 5.32 Å². The second-order valence-electron chi connectivity index (χ2n) is 7.26. The van der Waals surface area contributed by atoms with Gasteiger partial charge in [0.2, 0.25) is 0 Å². The van der Waals surface area contributed by atoms with Crippen LogP contribution in [0.5, 0.6) is 0 Å². The lowest BCUT2D eigenvalue weighted by molar-refractivity contribution is 0.0935. The van der Waals surface area contributed by atoms with Gasteiger partial charge in [-0.2, -0.15) is 0 Å². The Balaban J connectivity index is 1.61. The van der Waals surface area contributed by atoms with E-state index in [1.165, 1.54) is 23.3 Å². The largest absolute Gasteiger partial charge is 0.378 e. The molecule has 1 aromatic heterocycles. The van der Waals surface area contributed by atoms with E-state index >= 15 is 0 Å². The number of carbonyl (C=O) groups excluding carboxylic acids is 1. The lowest BCUT2D eigenvalue weighted by atomic mass is 9.85. The average Bonchev–Trinajstić information content (AvgIpc) is 2.99. The molecule has 4 rings (SSSR count). The molecule has 0 spiro atoms. The van der Waals surface area contributed by atoms with Gasteiger partial charge in [-0.05, 0) is 48.4 Å². The number of benzene rings is 1. The summed E-state index contributed by atoms with van der Waals surface area (Å²) in [6.07, 6.45) is 4.44. The molecule has 1 aromatic carbocycles. The van der Waals surface area contributed by atoms with Gasteiger partial charge < -0.3 is 15.5 Å². The van der Waals surface area contributed by atoms with Gasteiger partial charge in [0.05, 0.1) is 5.56 Å². The average molecular weight is 356 g/mol. The lowest BCUT2D eigenvalue weighted by Crippen LogP contribution is -2.38. The third-order valence-corrected chi connectivity index (χ3v) is 6.65. The van der Waals surface area contributed by atoms with Gasteiger partial charge >= 0.3 is 0 Å². The standard InChI is InChI=1S/C20H25N3OS/c1-4-12-5-10-15-16(11-12)25-20-17(15)19(24)21-18(22-20)13-6-8-14(9-7-13)23(2)3/h6-9,12,18,22H,4-5,10-11H2,1-3H3,(H,21,24)/t12-,18-/m1/s1. The maximum absolute atomic E-state index is 12.8. The van der Waals surface area contributed by atoms with E-state index < -0.39 is 0 Å². The first-order chi connectivity index (χ1) is 12.1. The Bertz CT molecular complexity index is 794. The van der Waals surface area contributed by atoms with Crippen LogP contribution in [0.15, 0.2) is 24.3 Å². The monoisotopic (exact) mass is 355 g/mol. The van der Waals surface area contributed by atoms with Crippen LogP contribution in [0, 0.1) is 5.92 Å². The van der Waals surface area contributed by atoms with Crippen LogP contribution in [-0.2, 0) is 12.8 Å². The van der Waals surface area contributed by atoms with Crippen LogP contribution in [0.1, 0.15) is 52.3 Å². The van der Waals surface area contributed by atoms with E-state index in [4.69, 9.17) is 0 Å². The predicted molar refractivity (Wildman–Crippen MR) is 105 cm³/mol. The summed E-state index contributed by atoms with van der Waals surface area (Å²) >= 11 is 1.79. The number of amides is 1.